The van der Waals surface area contributed by atoms with Crippen molar-refractivity contribution in [3.8, 4) is 0 Å². The fraction of sp³-hybridized carbons (Fsp3) is 0.400. The summed E-state index contributed by atoms with van der Waals surface area (Å²) in [6, 6.07) is 7.81. The Labute approximate surface area is 147 Å². The summed E-state index contributed by atoms with van der Waals surface area (Å²) in [6.45, 7) is 4.09. The Morgan fingerprint density at radius 3 is 2.76 bits per heavy atom. The summed E-state index contributed by atoms with van der Waals surface area (Å²) in [6.07, 6.45) is 6.59. The lowest BCUT2D eigenvalue weighted by Gasteiger charge is -2.14. The Bertz CT molecular complexity index is 785. The predicted octanol–water partition coefficient (Wildman–Crippen LogP) is 3.14. The Hall–Kier alpha value is -2.56. The van der Waals surface area contributed by atoms with E-state index in [1.165, 1.54) is 6.08 Å². The molecule has 1 saturated heterocycles. The number of hydrogen-bond acceptors (Lipinski definition) is 3. The van der Waals surface area contributed by atoms with Crippen molar-refractivity contribution in [2.75, 3.05) is 19.6 Å². The quantitative estimate of drug-likeness (QED) is 0.822. The average Bonchev–Trinajstić information content (AvgIpc) is 3.27. The molecule has 132 valence electrons. The molecule has 0 unspecified atom stereocenters. The van der Waals surface area contributed by atoms with Gasteiger partial charge in [-0.1, -0.05) is 25.1 Å². The molecule has 2 amide bonds. The molecule has 5 heteroatoms. The number of carbonyl (C=O) groups excluding carboxylic acids is 2. The summed E-state index contributed by atoms with van der Waals surface area (Å²) in [5.41, 5.74) is 1.78. The van der Waals surface area contributed by atoms with E-state index in [9.17, 15) is 9.59 Å². The maximum Gasteiger partial charge on any atom is 0.244 e. The topological polar surface area (TPSA) is 62.6 Å². The summed E-state index contributed by atoms with van der Waals surface area (Å²) in [7, 11) is 0. The van der Waals surface area contributed by atoms with Gasteiger partial charge in [-0.2, -0.15) is 0 Å². The normalized spacial score (nSPS) is 14.5. The molecule has 0 spiro atoms. The Kier molecular flexibility index (Phi) is 5.53. The molecule has 1 N–H and O–H groups in total. The summed E-state index contributed by atoms with van der Waals surface area (Å²) in [4.78, 5) is 25.8. The van der Waals surface area contributed by atoms with Gasteiger partial charge in [-0.3, -0.25) is 9.59 Å². The van der Waals surface area contributed by atoms with Gasteiger partial charge in [-0.25, -0.2) is 0 Å². The second-order valence-electron chi connectivity index (χ2n) is 6.25. The van der Waals surface area contributed by atoms with Crippen LogP contribution in [0.15, 0.2) is 34.8 Å². The van der Waals surface area contributed by atoms with Crippen LogP contribution in [0.1, 0.15) is 37.5 Å². The molecular weight excluding hydrogens is 316 g/mol. The van der Waals surface area contributed by atoms with Gasteiger partial charge in [0.15, 0.2) is 0 Å². The first-order valence-electron chi connectivity index (χ1n) is 8.93. The van der Waals surface area contributed by atoms with E-state index in [1.54, 1.807) is 6.08 Å². The van der Waals surface area contributed by atoms with Gasteiger partial charge >= 0.3 is 0 Å². The van der Waals surface area contributed by atoms with Crippen molar-refractivity contribution in [1.29, 1.82) is 0 Å². The molecule has 1 aliphatic rings. The lowest BCUT2D eigenvalue weighted by atomic mass is 10.1. The third-order valence-electron chi connectivity index (χ3n) is 4.53. The van der Waals surface area contributed by atoms with Crippen LogP contribution in [0.2, 0.25) is 0 Å². The summed E-state index contributed by atoms with van der Waals surface area (Å²) < 4.78 is 5.82. The highest BCUT2D eigenvalue weighted by atomic mass is 16.3. The minimum Gasteiger partial charge on any atom is -0.460 e. The number of carbonyl (C=O) groups is 2. The number of fused-ring (bicyclic) bond motifs is 1. The molecule has 2 aromatic rings. The van der Waals surface area contributed by atoms with Crippen molar-refractivity contribution in [3.05, 3.63) is 41.7 Å². The van der Waals surface area contributed by atoms with Gasteiger partial charge in [-0.05, 0) is 25.0 Å². The number of aryl methyl sites for hydroxylation is 1. The first kappa shape index (κ1) is 17.3. The SMILES string of the molecule is CCc1oc2ccccc2c1/C=C/C(=O)NCCC(=O)N1CCCC1. The van der Waals surface area contributed by atoms with Crippen molar-refractivity contribution in [2.45, 2.75) is 32.6 Å². The van der Waals surface area contributed by atoms with Crippen molar-refractivity contribution in [2.24, 2.45) is 0 Å². The second kappa shape index (κ2) is 8.01. The van der Waals surface area contributed by atoms with Crippen molar-refractivity contribution in [1.82, 2.24) is 10.2 Å². The van der Waals surface area contributed by atoms with Gasteiger partial charge in [0.1, 0.15) is 11.3 Å². The van der Waals surface area contributed by atoms with Gasteiger partial charge in [-0.15, -0.1) is 0 Å². The van der Waals surface area contributed by atoms with Gasteiger partial charge in [0.25, 0.3) is 0 Å². The molecule has 1 aliphatic heterocycles. The number of likely N-dealkylation sites (tertiary alicyclic amines) is 1. The maximum absolute atomic E-state index is 12.0. The monoisotopic (exact) mass is 340 g/mol. The van der Waals surface area contributed by atoms with Crippen molar-refractivity contribution in [3.63, 3.8) is 0 Å². The fourth-order valence-electron chi connectivity index (χ4n) is 3.20. The van der Waals surface area contributed by atoms with E-state index in [4.69, 9.17) is 4.42 Å². The van der Waals surface area contributed by atoms with Gasteiger partial charge in [0.2, 0.25) is 11.8 Å². The fourth-order valence-corrected chi connectivity index (χ4v) is 3.20. The summed E-state index contributed by atoms with van der Waals surface area (Å²) in [5.74, 6) is 0.798. The van der Waals surface area contributed by atoms with E-state index in [0.29, 0.717) is 13.0 Å². The van der Waals surface area contributed by atoms with Crippen LogP contribution in [0.5, 0.6) is 0 Å². The largest absolute Gasteiger partial charge is 0.460 e. The van der Waals surface area contributed by atoms with E-state index < -0.39 is 0 Å². The number of benzene rings is 1. The van der Waals surface area contributed by atoms with Crippen LogP contribution >= 0.6 is 0 Å². The molecule has 25 heavy (non-hydrogen) atoms. The molecule has 0 atom stereocenters. The molecule has 0 saturated carbocycles. The maximum atomic E-state index is 12.0. The number of nitrogens with zero attached hydrogens (tertiary/aromatic N) is 1. The number of para-hydroxylation sites is 1. The predicted molar refractivity (Wildman–Crippen MR) is 98.1 cm³/mol. The van der Waals surface area contributed by atoms with E-state index in [-0.39, 0.29) is 11.8 Å². The van der Waals surface area contributed by atoms with Gasteiger partial charge in [0, 0.05) is 49.5 Å². The number of rotatable bonds is 6. The molecule has 3 rings (SSSR count). The molecular formula is C20H24N2O3. The molecule has 2 heterocycles. The van der Waals surface area contributed by atoms with Crippen LogP contribution < -0.4 is 5.32 Å². The zero-order valence-corrected chi connectivity index (χ0v) is 14.6. The first-order chi connectivity index (χ1) is 12.2. The lowest BCUT2D eigenvalue weighted by Crippen LogP contribution is -2.32. The number of hydrogen-bond donors (Lipinski definition) is 1. The number of amides is 2. The zero-order valence-electron chi connectivity index (χ0n) is 14.6. The van der Waals surface area contributed by atoms with Gasteiger partial charge < -0.3 is 14.6 Å². The van der Waals surface area contributed by atoms with E-state index in [0.717, 1.165) is 54.6 Å². The standard InChI is InChI=1S/C20H24N2O3/c1-2-17-16(15-7-3-4-8-18(15)25-17)9-10-19(23)21-12-11-20(24)22-13-5-6-14-22/h3-4,7-10H,2,5-6,11-14H2,1H3,(H,21,23)/b10-9+. The molecule has 1 aromatic carbocycles. The summed E-state index contributed by atoms with van der Waals surface area (Å²) >= 11 is 0. The van der Waals surface area contributed by atoms with E-state index in [1.807, 2.05) is 36.1 Å². The van der Waals surface area contributed by atoms with Crippen LogP contribution in [0.25, 0.3) is 17.0 Å². The second-order valence-corrected chi connectivity index (χ2v) is 6.25. The summed E-state index contributed by atoms with van der Waals surface area (Å²) in [5, 5.41) is 3.79. The van der Waals surface area contributed by atoms with Crippen molar-refractivity contribution < 1.29 is 14.0 Å². The molecule has 5 nitrogen and oxygen atoms in total. The van der Waals surface area contributed by atoms with Crippen LogP contribution in [0.3, 0.4) is 0 Å². The number of furan rings is 1. The highest BCUT2D eigenvalue weighted by Crippen LogP contribution is 2.27. The van der Waals surface area contributed by atoms with Crippen LogP contribution in [0, 0.1) is 0 Å². The Balaban J connectivity index is 1.56. The molecule has 1 aromatic heterocycles. The van der Waals surface area contributed by atoms with Gasteiger partial charge in [0.05, 0.1) is 0 Å². The Morgan fingerprint density at radius 1 is 1.24 bits per heavy atom. The molecule has 1 fully saturated rings. The van der Waals surface area contributed by atoms with Crippen LogP contribution in [0.4, 0.5) is 0 Å². The van der Waals surface area contributed by atoms with Crippen LogP contribution in [-0.2, 0) is 16.0 Å². The highest BCUT2D eigenvalue weighted by molar-refractivity contribution is 5.96. The van der Waals surface area contributed by atoms with Crippen LogP contribution in [-0.4, -0.2) is 36.3 Å². The molecule has 0 aliphatic carbocycles. The first-order valence-corrected chi connectivity index (χ1v) is 8.93. The third kappa shape index (κ3) is 4.10. The van der Waals surface area contributed by atoms with Crippen molar-refractivity contribution >= 4 is 28.9 Å². The zero-order chi connectivity index (χ0) is 17.6. The third-order valence-corrected chi connectivity index (χ3v) is 4.53. The minimum absolute atomic E-state index is 0.121. The number of nitrogens with one attached hydrogen (secondary N) is 1. The lowest BCUT2D eigenvalue weighted by molar-refractivity contribution is -0.130. The smallest absolute Gasteiger partial charge is 0.244 e. The molecule has 0 bridgehead atoms. The van der Waals surface area contributed by atoms with E-state index in [2.05, 4.69) is 5.32 Å². The van der Waals surface area contributed by atoms with E-state index >= 15 is 0 Å². The Morgan fingerprint density at radius 2 is 2.00 bits per heavy atom. The average molecular weight is 340 g/mol. The molecule has 0 radical (unpaired) electrons. The highest BCUT2D eigenvalue weighted by Gasteiger charge is 2.17. The minimum atomic E-state index is -0.193.